The molecular weight excluding hydrogens is 364 g/mol. The molecule has 0 spiro atoms. The number of hydrogen-bond donors (Lipinski definition) is 0. The molecule has 1 aliphatic rings. The van der Waals surface area contributed by atoms with Crippen molar-refractivity contribution in [1.82, 2.24) is 9.55 Å². The van der Waals surface area contributed by atoms with Crippen LogP contribution in [-0.4, -0.2) is 46.9 Å². The molecule has 144 valence electrons. The highest BCUT2D eigenvalue weighted by molar-refractivity contribution is 7.98. The number of hydrogen-bond acceptors (Lipinski definition) is 6. The fraction of sp³-hybridized carbons (Fsp3) is 0.450. The van der Waals surface area contributed by atoms with Crippen LogP contribution in [0.25, 0.3) is 0 Å². The van der Waals surface area contributed by atoms with Gasteiger partial charge >= 0.3 is 5.97 Å². The average Bonchev–Trinajstić information content (AvgIpc) is 3.29. The average molecular weight is 388 g/mol. The van der Waals surface area contributed by atoms with Crippen LogP contribution in [0.3, 0.4) is 0 Å². The molecule has 1 fully saturated rings. The minimum Gasteiger partial charge on any atom is -0.454 e. The van der Waals surface area contributed by atoms with Crippen LogP contribution in [0.1, 0.15) is 44.9 Å². The van der Waals surface area contributed by atoms with Gasteiger partial charge in [-0.2, -0.15) is 0 Å². The highest BCUT2D eigenvalue weighted by Gasteiger charge is 2.22. The zero-order valence-corrected chi connectivity index (χ0v) is 16.7. The SMILES string of the molecule is CSc1ncccc1C(=O)OCC(=O)c1cc(C)n(C[C@@H]2CCCO2)c1C. The van der Waals surface area contributed by atoms with Gasteiger partial charge < -0.3 is 14.0 Å². The van der Waals surface area contributed by atoms with Gasteiger partial charge in [0, 0.05) is 36.3 Å². The van der Waals surface area contributed by atoms with Gasteiger partial charge in [0.25, 0.3) is 0 Å². The summed E-state index contributed by atoms with van der Waals surface area (Å²) in [5.74, 6) is -0.737. The molecule has 3 rings (SSSR count). The lowest BCUT2D eigenvalue weighted by atomic mass is 10.1. The van der Waals surface area contributed by atoms with Crippen molar-refractivity contribution in [1.29, 1.82) is 0 Å². The van der Waals surface area contributed by atoms with Crippen LogP contribution in [0, 0.1) is 13.8 Å². The van der Waals surface area contributed by atoms with E-state index in [1.54, 1.807) is 18.3 Å². The van der Waals surface area contributed by atoms with E-state index in [0.717, 1.165) is 37.4 Å². The lowest BCUT2D eigenvalue weighted by Crippen LogP contribution is -2.18. The summed E-state index contributed by atoms with van der Waals surface area (Å²) in [6.45, 7) is 5.16. The number of rotatable bonds is 7. The third kappa shape index (κ3) is 4.42. The maximum atomic E-state index is 12.6. The summed E-state index contributed by atoms with van der Waals surface area (Å²) in [5.41, 5.74) is 2.86. The molecule has 1 aliphatic heterocycles. The number of pyridine rings is 1. The minimum atomic E-state index is -0.533. The third-order valence-electron chi connectivity index (χ3n) is 4.80. The summed E-state index contributed by atoms with van der Waals surface area (Å²) >= 11 is 1.37. The van der Waals surface area contributed by atoms with Gasteiger partial charge in [0.15, 0.2) is 6.61 Å². The smallest absolute Gasteiger partial charge is 0.341 e. The van der Waals surface area contributed by atoms with Crippen LogP contribution >= 0.6 is 11.8 Å². The molecule has 0 aliphatic carbocycles. The van der Waals surface area contributed by atoms with Gasteiger partial charge in [-0.05, 0) is 51.1 Å². The van der Waals surface area contributed by atoms with Crippen LogP contribution in [0.2, 0.25) is 0 Å². The van der Waals surface area contributed by atoms with Gasteiger partial charge in [0.05, 0.1) is 11.7 Å². The maximum Gasteiger partial charge on any atom is 0.341 e. The molecule has 6 nitrogen and oxygen atoms in total. The fourth-order valence-corrected chi connectivity index (χ4v) is 3.89. The van der Waals surface area contributed by atoms with Gasteiger partial charge in [-0.25, -0.2) is 9.78 Å². The lowest BCUT2D eigenvalue weighted by Gasteiger charge is -2.14. The Hall–Kier alpha value is -2.12. The second-order valence-corrected chi connectivity index (χ2v) is 7.38. The molecule has 2 aromatic heterocycles. The molecule has 1 atom stereocenters. The van der Waals surface area contributed by atoms with Gasteiger partial charge in [-0.3, -0.25) is 4.79 Å². The number of esters is 1. The Kier molecular flexibility index (Phi) is 6.34. The number of carbonyl (C=O) groups excluding carboxylic acids is 2. The second kappa shape index (κ2) is 8.71. The van der Waals surface area contributed by atoms with Gasteiger partial charge in [-0.15, -0.1) is 11.8 Å². The number of aromatic nitrogens is 2. The molecule has 0 saturated carbocycles. The van der Waals surface area contributed by atoms with Crippen LogP contribution in [-0.2, 0) is 16.0 Å². The van der Waals surface area contributed by atoms with Crippen molar-refractivity contribution in [2.24, 2.45) is 0 Å². The number of nitrogens with zero attached hydrogens (tertiary/aromatic N) is 2. The molecule has 27 heavy (non-hydrogen) atoms. The minimum absolute atomic E-state index is 0.200. The van der Waals surface area contributed by atoms with Crippen molar-refractivity contribution in [2.75, 3.05) is 19.5 Å². The first-order valence-corrected chi connectivity index (χ1v) is 10.2. The van der Waals surface area contributed by atoms with Crippen LogP contribution in [0.15, 0.2) is 29.4 Å². The molecule has 0 aromatic carbocycles. The van der Waals surface area contributed by atoms with Gasteiger partial charge in [-0.1, -0.05) is 0 Å². The predicted octanol–water partition coefficient (Wildman–Crippen LogP) is 3.44. The molecule has 2 aromatic rings. The first-order chi connectivity index (χ1) is 13.0. The third-order valence-corrected chi connectivity index (χ3v) is 5.52. The van der Waals surface area contributed by atoms with Gasteiger partial charge in [0.1, 0.15) is 5.03 Å². The monoisotopic (exact) mass is 388 g/mol. The largest absolute Gasteiger partial charge is 0.454 e. The van der Waals surface area contributed by atoms with Crippen LogP contribution in [0.4, 0.5) is 0 Å². The lowest BCUT2D eigenvalue weighted by molar-refractivity contribution is 0.0470. The quantitative estimate of drug-likeness (QED) is 0.411. The number of aryl methyl sites for hydroxylation is 1. The molecule has 0 amide bonds. The Morgan fingerprint density at radius 2 is 2.19 bits per heavy atom. The van der Waals surface area contributed by atoms with Crippen molar-refractivity contribution in [2.45, 2.75) is 44.4 Å². The number of ether oxygens (including phenoxy) is 2. The molecular formula is C20H24N2O4S. The Labute approximate surface area is 163 Å². The number of carbonyl (C=O) groups is 2. The summed E-state index contributed by atoms with van der Waals surface area (Å²) in [4.78, 5) is 29.1. The number of ketones is 1. The van der Waals surface area contributed by atoms with Gasteiger partial charge in [0.2, 0.25) is 5.78 Å². The van der Waals surface area contributed by atoms with Crippen molar-refractivity contribution < 1.29 is 19.1 Å². The van der Waals surface area contributed by atoms with E-state index in [1.807, 2.05) is 26.2 Å². The fourth-order valence-electron chi connectivity index (χ4n) is 3.35. The van der Waals surface area contributed by atoms with Crippen LogP contribution < -0.4 is 0 Å². The first-order valence-electron chi connectivity index (χ1n) is 8.99. The molecule has 7 heteroatoms. The zero-order chi connectivity index (χ0) is 19.4. The number of Topliss-reactive ketones (excluding diaryl/α,β-unsaturated/α-hetero) is 1. The topological polar surface area (TPSA) is 70.4 Å². The van der Waals surface area contributed by atoms with E-state index < -0.39 is 5.97 Å². The van der Waals surface area contributed by atoms with E-state index in [4.69, 9.17) is 9.47 Å². The Balaban J connectivity index is 1.66. The summed E-state index contributed by atoms with van der Waals surface area (Å²) in [7, 11) is 0. The summed E-state index contributed by atoms with van der Waals surface area (Å²) in [5, 5.41) is 0.588. The Morgan fingerprint density at radius 3 is 2.89 bits per heavy atom. The highest BCUT2D eigenvalue weighted by atomic mass is 32.2. The van der Waals surface area contributed by atoms with Crippen LogP contribution in [0.5, 0.6) is 0 Å². The van der Waals surface area contributed by atoms with E-state index >= 15 is 0 Å². The van der Waals surface area contributed by atoms with E-state index in [0.29, 0.717) is 16.2 Å². The molecule has 0 bridgehead atoms. The van der Waals surface area contributed by atoms with Crippen molar-refractivity contribution in [3.05, 3.63) is 46.9 Å². The normalized spacial score (nSPS) is 16.5. The summed E-state index contributed by atoms with van der Waals surface area (Å²) < 4.78 is 13.1. The standard InChI is InChI=1S/C20H24N2O4S/c1-13-10-17(14(2)22(13)11-15-6-5-9-25-15)18(23)12-26-20(24)16-7-4-8-21-19(16)27-3/h4,7-8,10,15H,5-6,9,11-12H2,1-3H3/t15-/m0/s1. The number of thioether (sulfide) groups is 1. The zero-order valence-electron chi connectivity index (χ0n) is 15.9. The molecule has 0 N–H and O–H groups in total. The summed E-state index contributed by atoms with van der Waals surface area (Å²) in [6.07, 6.45) is 5.79. The second-order valence-electron chi connectivity index (χ2n) is 6.59. The Bertz CT molecular complexity index is 841. The predicted molar refractivity (Wildman–Crippen MR) is 104 cm³/mol. The molecule has 1 saturated heterocycles. The van der Waals surface area contributed by atoms with E-state index in [9.17, 15) is 9.59 Å². The molecule has 0 radical (unpaired) electrons. The highest BCUT2D eigenvalue weighted by Crippen LogP contribution is 2.21. The van der Waals surface area contributed by atoms with E-state index in [2.05, 4.69) is 9.55 Å². The first kappa shape index (κ1) is 19.6. The van der Waals surface area contributed by atoms with E-state index in [-0.39, 0.29) is 18.5 Å². The molecule has 0 unspecified atom stereocenters. The Morgan fingerprint density at radius 1 is 1.37 bits per heavy atom. The van der Waals surface area contributed by atoms with Crippen molar-refractivity contribution in [3.8, 4) is 0 Å². The summed E-state index contributed by atoms with van der Waals surface area (Å²) in [6, 6.07) is 5.19. The van der Waals surface area contributed by atoms with E-state index in [1.165, 1.54) is 11.8 Å². The maximum absolute atomic E-state index is 12.6. The van der Waals surface area contributed by atoms with Crippen molar-refractivity contribution in [3.63, 3.8) is 0 Å². The molecule has 3 heterocycles. The van der Waals surface area contributed by atoms with Crippen molar-refractivity contribution >= 4 is 23.5 Å².